The molecule has 0 spiro atoms. The Morgan fingerprint density at radius 2 is 2.25 bits per heavy atom. The first kappa shape index (κ1) is 14.6. The highest BCUT2D eigenvalue weighted by Crippen LogP contribution is 2.20. The Balaban J connectivity index is 2.00. The lowest BCUT2D eigenvalue weighted by Crippen LogP contribution is -2.11. The summed E-state index contributed by atoms with van der Waals surface area (Å²) in [5, 5.41) is 7.57. The number of rotatable bonds is 5. The van der Waals surface area contributed by atoms with Crippen molar-refractivity contribution >= 4 is 17.7 Å². The van der Waals surface area contributed by atoms with Gasteiger partial charge in [-0.1, -0.05) is 23.9 Å². The van der Waals surface area contributed by atoms with E-state index in [-0.39, 0.29) is 12.1 Å². The molecule has 1 aromatic carbocycles. The second kappa shape index (κ2) is 6.56. The monoisotopic (exact) mass is 291 g/mol. The van der Waals surface area contributed by atoms with Gasteiger partial charge < -0.3 is 4.74 Å². The third kappa shape index (κ3) is 4.09. The molecular weight excluding hydrogens is 274 g/mol. The first-order valence-electron chi connectivity index (χ1n) is 6.36. The Labute approximate surface area is 122 Å². The number of hydrogen-bond donors (Lipinski definition) is 1. The SMILES string of the molecule is Cc1nc(SCc2cccc(C(=O)OC(C)C)c2)n[nH]1. The number of aromatic nitrogens is 3. The summed E-state index contributed by atoms with van der Waals surface area (Å²) in [5.41, 5.74) is 1.61. The number of ether oxygens (including phenoxy) is 1. The summed E-state index contributed by atoms with van der Waals surface area (Å²) in [6, 6.07) is 7.43. The van der Waals surface area contributed by atoms with Crippen molar-refractivity contribution in [1.82, 2.24) is 15.2 Å². The molecule has 0 aliphatic carbocycles. The zero-order chi connectivity index (χ0) is 14.5. The highest BCUT2D eigenvalue weighted by Gasteiger charge is 2.10. The third-order valence-corrected chi connectivity index (χ3v) is 3.37. The summed E-state index contributed by atoms with van der Waals surface area (Å²) >= 11 is 1.52. The number of aryl methyl sites for hydroxylation is 1. The predicted molar refractivity (Wildman–Crippen MR) is 77.7 cm³/mol. The van der Waals surface area contributed by atoms with E-state index in [4.69, 9.17) is 4.74 Å². The lowest BCUT2D eigenvalue weighted by atomic mass is 10.1. The zero-order valence-electron chi connectivity index (χ0n) is 11.7. The van der Waals surface area contributed by atoms with E-state index >= 15 is 0 Å². The van der Waals surface area contributed by atoms with Crippen molar-refractivity contribution in [2.75, 3.05) is 0 Å². The van der Waals surface area contributed by atoms with E-state index in [0.29, 0.717) is 16.5 Å². The lowest BCUT2D eigenvalue weighted by Gasteiger charge is -2.08. The molecule has 20 heavy (non-hydrogen) atoms. The van der Waals surface area contributed by atoms with Gasteiger partial charge >= 0.3 is 5.97 Å². The quantitative estimate of drug-likeness (QED) is 0.677. The number of thioether (sulfide) groups is 1. The summed E-state index contributed by atoms with van der Waals surface area (Å²) in [6.07, 6.45) is -0.114. The maximum atomic E-state index is 11.8. The van der Waals surface area contributed by atoms with Crippen LogP contribution in [0, 0.1) is 6.92 Å². The van der Waals surface area contributed by atoms with Crippen molar-refractivity contribution in [2.24, 2.45) is 0 Å². The van der Waals surface area contributed by atoms with Gasteiger partial charge in [0.1, 0.15) is 5.82 Å². The van der Waals surface area contributed by atoms with Gasteiger partial charge in [0.2, 0.25) is 5.16 Å². The molecule has 106 valence electrons. The summed E-state index contributed by atoms with van der Waals surface area (Å²) < 4.78 is 5.18. The first-order valence-corrected chi connectivity index (χ1v) is 7.35. The number of H-pyrrole nitrogens is 1. The van der Waals surface area contributed by atoms with Crippen LogP contribution in [0.4, 0.5) is 0 Å². The van der Waals surface area contributed by atoms with Crippen LogP contribution in [0.5, 0.6) is 0 Å². The van der Waals surface area contributed by atoms with Gasteiger partial charge in [0.05, 0.1) is 11.7 Å². The maximum Gasteiger partial charge on any atom is 0.338 e. The first-order chi connectivity index (χ1) is 9.54. The fraction of sp³-hybridized carbons (Fsp3) is 0.357. The maximum absolute atomic E-state index is 11.8. The molecule has 2 rings (SSSR count). The standard InChI is InChI=1S/C14H17N3O2S/c1-9(2)19-13(18)12-6-4-5-11(7-12)8-20-14-15-10(3)16-17-14/h4-7,9H,8H2,1-3H3,(H,15,16,17). The molecule has 0 atom stereocenters. The van der Waals surface area contributed by atoms with E-state index in [0.717, 1.165) is 11.4 Å². The fourth-order valence-corrected chi connectivity index (χ4v) is 2.39. The Kier molecular flexibility index (Phi) is 4.79. The predicted octanol–water partition coefficient (Wildman–Crippen LogP) is 2.97. The van der Waals surface area contributed by atoms with E-state index < -0.39 is 0 Å². The van der Waals surface area contributed by atoms with Crippen molar-refractivity contribution in [3.05, 3.63) is 41.2 Å². The van der Waals surface area contributed by atoms with Crippen LogP contribution in [-0.2, 0) is 10.5 Å². The molecule has 1 aromatic heterocycles. The number of carbonyl (C=O) groups excluding carboxylic acids is 1. The second-order valence-corrected chi connectivity index (χ2v) is 5.59. The number of nitrogens with one attached hydrogen (secondary N) is 1. The van der Waals surface area contributed by atoms with Gasteiger partial charge in [-0.05, 0) is 38.5 Å². The van der Waals surface area contributed by atoms with Gasteiger partial charge in [-0.15, -0.1) is 5.10 Å². The van der Waals surface area contributed by atoms with Crippen molar-refractivity contribution in [2.45, 2.75) is 37.8 Å². The largest absolute Gasteiger partial charge is 0.459 e. The van der Waals surface area contributed by atoms with E-state index in [9.17, 15) is 4.79 Å². The van der Waals surface area contributed by atoms with Crippen LogP contribution in [0.3, 0.4) is 0 Å². The average molecular weight is 291 g/mol. The van der Waals surface area contributed by atoms with Crippen molar-refractivity contribution in [3.63, 3.8) is 0 Å². The van der Waals surface area contributed by atoms with Gasteiger partial charge in [0.15, 0.2) is 0 Å². The van der Waals surface area contributed by atoms with Crippen LogP contribution in [0.1, 0.15) is 35.6 Å². The number of nitrogens with zero attached hydrogens (tertiary/aromatic N) is 2. The van der Waals surface area contributed by atoms with Crippen LogP contribution < -0.4 is 0 Å². The molecule has 2 aromatic rings. The van der Waals surface area contributed by atoms with E-state index in [1.807, 2.05) is 39.0 Å². The molecule has 0 aliphatic rings. The lowest BCUT2D eigenvalue weighted by molar-refractivity contribution is 0.0378. The van der Waals surface area contributed by atoms with Crippen molar-refractivity contribution in [3.8, 4) is 0 Å². The minimum absolute atomic E-state index is 0.114. The molecule has 0 saturated carbocycles. The Bertz CT molecular complexity index is 596. The molecule has 0 radical (unpaired) electrons. The molecule has 0 fully saturated rings. The number of hydrogen-bond acceptors (Lipinski definition) is 5. The second-order valence-electron chi connectivity index (χ2n) is 4.65. The number of aromatic amines is 1. The molecule has 5 nitrogen and oxygen atoms in total. The smallest absolute Gasteiger partial charge is 0.338 e. The molecule has 0 saturated heterocycles. The Hall–Kier alpha value is -1.82. The molecule has 0 aliphatic heterocycles. The van der Waals surface area contributed by atoms with Gasteiger partial charge in [-0.3, -0.25) is 5.10 Å². The van der Waals surface area contributed by atoms with Gasteiger partial charge in [0.25, 0.3) is 0 Å². The number of esters is 1. The third-order valence-electron chi connectivity index (χ3n) is 2.45. The number of carbonyl (C=O) groups is 1. The summed E-state index contributed by atoms with van der Waals surface area (Å²) in [6.45, 7) is 5.53. The molecular formula is C14H17N3O2S. The fourth-order valence-electron chi connectivity index (χ4n) is 1.60. The normalized spacial score (nSPS) is 10.8. The summed E-state index contributed by atoms with van der Waals surface area (Å²) in [5.74, 6) is 1.21. The van der Waals surface area contributed by atoms with Crippen LogP contribution >= 0.6 is 11.8 Å². The van der Waals surface area contributed by atoms with E-state index in [1.54, 1.807) is 6.07 Å². The molecule has 1 N–H and O–H groups in total. The highest BCUT2D eigenvalue weighted by atomic mass is 32.2. The minimum Gasteiger partial charge on any atom is -0.459 e. The van der Waals surface area contributed by atoms with Crippen LogP contribution in [-0.4, -0.2) is 27.3 Å². The molecule has 6 heteroatoms. The Morgan fingerprint density at radius 1 is 1.45 bits per heavy atom. The zero-order valence-corrected chi connectivity index (χ0v) is 12.5. The van der Waals surface area contributed by atoms with Gasteiger partial charge in [-0.2, -0.15) is 0 Å². The molecule has 1 heterocycles. The van der Waals surface area contributed by atoms with Crippen molar-refractivity contribution < 1.29 is 9.53 Å². The van der Waals surface area contributed by atoms with Gasteiger partial charge in [-0.25, -0.2) is 9.78 Å². The molecule has 0 amide bonds. The van der Waals surface area contributed by atoms with Gasteiger partial charge in [0, 0.05) is 5.75 Å². The summed E-state index contributed by atoms with van der Waals surface area (Å²) in [7, 11) is 0. The highest BCUT2D eigenvalue weighted by molar-refractivity contribution is 7.98. The average Bonchev–Trinajstić information content (AvgIpc) is 2.82. The Morgan fingerprint density at radius 3 is 2.90 bits per heavy atom. The topological polar surface area (TPSA) is 67.9 Å². The minimum atomic E-state index is -0.291. The number of benzene rings is 1. The molecule has 0 unspecified atom stereocenters. The van der Waals surface area contributed by atoms with Crippen molar-refractivity contribution in [1.29, 1.82) is 0 Å². The van der Waals surface area contributed by atoms with Crippen LogP contribution in [0.15, 0.2) is 29.4 Å². The van der Waals surface area contributed by atoms with E-state index in [1.165, 1.54) is 11.8 Å². The van der Waals surface area contributed by atoms with E-state index in [2.05, 4.69) is 15.2 Å². The molecule has 0 bridgehead atoms. The summed E-state index contributed by atoms with van der Waals surface area (Å²) in [4.78, 5) is 16.1. The van der Waals surface area contributed by atoms with Crippen LogP contribution in [0.25, 0.3) is 0 Å². The van der Waals surface area contributed by atoms with Crippen LogP contribution in [0.2, 0.25) is 0 Å².